The Morgan fingerprint density at radius 2 is 1.85 bits per heavy atom. The fraction of sp³-hybridized carbons (Fsp3) is 0.250. The topological polar surface area (TPSA) is 85.3 Å². The predicted octanol–water partition coefficient (Wildman–Crippen LogP) is 2.27. The molecular formula is C20H22N4O3. The summed E-state index contributed by atoms with van der Waals surface area (Å²) < 4.78 is 7.41. The minimum atomic E-state index is -0.419. The van der Waals surface area contributed by atoms with Crippen molar-refractivity contribution in [2.75, 3.05) is 6.61 Å². The van der Waals surface area contributed by atoms with Gasteiger partial charge in [0, 0.05) is 13.0 Å². The maximum absolute atomic E-state index is 12.0. The van der Waals surface area contributed by atoms with Crippen molar-refractivity contribution in [3.8, 4) is 5.75 Å². The van der Waals surface area contributed by atoms with Gasteiger partial charge in [-0.3, -0.25) is 20.4 Å². The number of aryl methyl sites for hydroxylation is 3. The first kappa shape index (κ1) is 18.4. The SMILES string of the molecule is Cc1ccc(C)c(OCC(=O)NNC(=O)CCn2cnc3ccccc32)c1. The summed E-state index contributed by atoms with van der Waals surface area (Å²) in [5, 5.41) is 0. The average molecular weight is 366 g/mol. The number of nitrogens with one attached hydrogen (secondary N) is 2. The number of carbonyl (C=O) groups excluding carboxylic acids is 2. The first-order valence-electron chi connectivity index (χ1n) is 8.70. The van der Waals surface area contributed by atoms with Crippen LogP contribution >= 0.6 is 0 Å². The molecule has 7 nitrogen and oxygen atoms in total. The molecule has 0 atom stereocenters. The van der Waals surface area contributed by atoms with Crippen LogP contribution in [0.5, 0.6) is 5.75 Å². The summed E-state index contributed by atoms with van der Waals surface area (Å²) in [5.74, 6) is -0.0475. The summed E-state index contributed by atoms with van der Waals surface area (Å²) >= 11 is 0. The zero-order valence-corrected chi connectivity index (χ0v) is 15.4. The van der Waals surface area contributed by atoms with Crippen LogP contribution in [0.2, 0.25) is 0 Å². The van der Waals surface area contributed by atoms with E-state index in [0.29, 0.717) is 12.3 Å². The largest absolute Gasteiger partial charge is 0.483 e. The third kappa shape index (κ3) is 4.84. The Kier molecular flexibility index (Phi) is 5.71. The van der Waals surface area contributed by atoms with Crippen molar-refractivity contribution in [2.45, 2.75) is 26.8 Å². The Hall–Kier alpha value is -3.35. The summed E-state index contributed by atoms with van der Waals surface area (Å²) in [6.45, 7) is 4.17. The van der Waals surface area contributed by atoms with E-state index >= 15 is 0 Å². The molecular weight excluding hydrogens is 344 g/mol. The van der Waals surface area contributed by atoms with Gasteiger partial charge in [-0.1, -0.05) is 24.3 Å². The summed E-state index contributed by atoms with van der Waals surface area (Å²) in [6.07, 6.45) is 1.92. The average Bonchev–Trinajstić information content (AvgIpc) is 3.08. The van der Waals surface area contributed by atoms with Gasteiger partial charge in [-0.2, -0.15) is 0 Å². The standard InChI is InChI=1S/C20H22N4O3/c1-14-7-8-15(2)18(11-14)27-12-20(26)23-22-19(25)9-10-24-13-21-16-5-3-4-6-17(16)24/h3-8,11,13H,9-10,12H2,1-2H3,(H,22,25)(H,23,26). The number of amides is 2. The highest BCUT2D eigenvalue weighted by atomic mass is 16.5. The number of hydrogen-bond donors (Lipinski definition) is 2. The lowest BCUT2D eigenvalue weighted by atomic mass is 10.1. The van der Waals surface area contributed by atoms with Gasteiger partial charge in [0.15, 0.2) is 6.61 Å². The van der Waals surface area contributed by atoms with E-state index in [1.807, 2.05) is 60.9 Å². The Bertz CT molecular complexity index is 965. The number of benzene rings is 2. The number of rotatable bonds is 6. The Morgan fingerprint density at radius 1 is 1.07 bits per heavy atom. The van der Waals surface area contributed by atoms with E-state index in [9.17, 15) is 9.59 Å². The van der Waals surface area contributed by atoms with Gasteiger partial charge in [0.05, 0.1) is 17.4 Å². The second kappa shape index (κ2) is 8.35. The number of para-hydroxylation sites is 2. The zero-order chi connectivity index (χ0) is 19.2. The third-order valence-corrected chi connectivity index (χ3v) is 4.15. The fourth-order valence-corrected chi connectivity index (χ4v) is 2.65. The molecule has 2 N–H and O–H groups in total. The second-order valence-electron chi connectivity index (χ2n) is 6.33. The van der Waals surface area contributed by atoms with Crippen molar-refractivity contribution < 1.29 is 14.3 Å². The molecule has 0 radical (unpaired) electrons. The summed E-state index contributed by atoms with van der Waals surface area (Å²) in [4.78, 5) is 28.1. The molecule has 0 unspecified atom stereocenters. The van der Waals surface area contributed by atoms with E-state index < -0.39 is 5.91 Å². The number of aromatic nitrogens is 2. The van der Waals surface area contributed by atoms with E-state index in [2.05, 4.69) is 15.8 Å². The van der Waals surface area contributed by atoms with Crippen LogP contribution in [-0.2, 0) is 16.1 Å². The molecule has 0 fully saturated rings. The molecule has 140 valence electrons. The summed E-state index contributed by atoms with van der Waals surface area (Å²) in [5.41, 5.74) is 8.62. The summed E-state index contributed by atoms with van der Waals surface area (Å²) in [7, 11) is 0. The quantitative estimate of drug-likeness (QED) is 0.656. The highest BCUT2D eigenvalue weighted by molar-refractivity contribution is 5.83. The maximum Gasteiger partial charge on any atom is 0.276 e. The monoisotopic (exact) mass is 366 g/mol. The molecule has 3 aromatic rings. The van der Waals surface area contributed by atoms with Gasteiger partial charge in [0.1, 0.15) is 5.75 Å². The number of ether oxygens (including phenoxy) is 1. The molecule has 3 rings (SSSR count). The van der Waals surface area contributed by atoms with E-state index in [1.54, 1.807) is 6.33 Å². The molecule has 0 bridgehead atoms. The van der Waals surface area contributed by atoms with Crippen LogP contribution in [0.1, 0.15) is 17.5 Å². The molecule has 2 aromatic carbocycles. The van der Waals surface area contributed by atoms with Crippen LogP contribution in [0.15, 0.2) is 48.8 Å². The van der Waals surface area contributed by atoms with Crippen molar-refractivity contribution in [1.82, 2.24) is 20.4 Å². The number of hydrogen-bond acceptors (Lipinski definition) is 4. The lowest BCUT2D eigenvalue weighted by Gasteiger charge is -2.11. The number of hydrazine groups is 1. The van der Waals surface area contributed by atoms with Crippen molar-refractivity contribution in [1.29, 1.82) is 0 Å². The van der Waals surface area contributed by atoms with Crippen molar-refractivity contribution in [2.24, 2.45) is 0 Å². The molecule has 2 amide bonds. The molecule has 1 heterocycles. The smallest absolute Gasteiger partial charge is 0.276 e. The molecule has 7 heteroatoms. The third-order valence-electron chi connectivity index (χ3n) is 4.15. The van der Waals surface area contributed by atoms with Crippen LogP contribution in [0.3, 0.4) is 0 Å². The van der Waals surface area contributed by atoms with Gasteiger partial charge in [0.2, 0.25) is 5.91 Å². The normalized spacial score (nSPS) is 10.6. The highest BCUT2D eigenvalue weighted by Crippen LogP contribution is 2.18. The zero-order valence-electron chi connectivity index (χ0n) is 15.4. The molecule has 0 aliphatic heterocycles. The fourth-order valence-electron chi connectivity index (χ4n) is 2.65. The Balaban J connectivity index is 1.42. The number of nitrogens with zero attached hydrogens (tertiary/aromatic N) is 2. The van der Waals surface area contributed by atoms with Gasteiger partial charge in [-0.05, 0) is 43.2 Å². The minimum Gasteiger partial charge on any atom is -0.483 e. The van der Waals surface area contributed by atoms with Crippen LogP contribution in [0.25, 0.3) is 11.0 Å². The first-order valence-corrected chi connectivity index (χ1v) is 8.70. The molecule has 0 spiro atoms. The Labute approximate surface area is 157 Å². The number of imidazole rings is 1. The molecule has 0 aliphatic carbocycles. The van der Waals surface area contributed by atoms with Crippen molar-refractivity contribution >= 4 is 22.8 Å². The molecule has 27 heavy (non-hydrogen) atoms. The van der Waals surface area contributed by atoms with Gasteiger partial charge in [-0.25, -0.2) is 4.98 Å². The molecule has 1 aromatic heterocycles. The lowest BCUT2D eigenvalue weighted by molar-refractivity contribution is -0.130. The maximum atomic E-state index is 12.0. The van der Waals surface area contributed by atoms with Crippen LogP contribution < -0.4 is 15.6 Å². The molecule has 0 saturated carbocycles. The second-order valence-corrected chi connectivity index (χ2v) is 6.33. The van der Waals surface area contributed by atoms with E-state index in [0.717, 1.165) is 22.2 Å². The number of carbonyl (C=O) groups is 2. The van der Waals surface area contributed by atoms with Crippen LogP contribution in [0.4, 0.5) is 0 Å². The summed E-state index contributed by atoms with van der Waals surface area (Å²) in [6, 6.07) is 13.5. The van der Waals surface area contributed by atoms with Gasteiger partial charge >= 0.3 is 0 Å². The van der Waals surface area contributed by atoms with Gasteiger partial charge < -0.3 is 9.30 Å². The van der Waals surface area contributed by atoms with E-state index in [4.69, 9.17) is 4.74 Å². The van der Waals surface area contributed by atoms with Crippen molar-refractivity contribution in [3.63, 3.8) is 0 Å². The van der Waals surface area contributed by atoms with Crippen molar-refractivity contribution in [3.05, 3.63) is 59.9 Å². The van der Waals surface area contributed by atoms with Gasteiger partial charge in [-0.15, -0.1) is 0 Å². The Morgan fingerprint density at radius 3 is 2.70 bits per heavy atom. The molecule has 0 aliphatic rings. The lowest BCUT2D eigenvalue weighted by Crippen LogP contribution is -2.44. The predicted molar refractivity (Wildman–Crippen MR) is 102 cm³/mol. The molecule has 0 saturated heterocycles. The van der Waals surface area contributed by atoms with E-state index in [-0.39, 0.29) is 18.9 Å². The van der Waals surface area contributed by atoms with Crippen LogP contribution in [-0.4, -0.2) is 28.0 Å². The number of fused-ring (bicyclic) bond motifs is 1. The first-order chi connectivity index (χ1) is 13.0. The van der Waals surface area contributed by atoms with E-state index in [1.165, 1.54) is 0 Å². The minimum absolute atomic E-state index is 0.170. The van der Waals surface area contributed by atoms with Crippen LogP contribution in [0, 0.1) is 13.8 Å². The van der Waals surface area contributed by atoms with Gasteiger partial charge in [0.25, 0.3) is 5.91 Å². The highest BCUT2D eigenvalue weighted by Gasteiger charge is 2.08.